The monoisotopic (exact) mass is 491 g/mol. The lowest BCUT2D eigenvalue weighted by Crippen LogP contribution is -2.47. The van der Waals surface area contributed by atoms with Crippen molar-refractivity contribution in [1.29, 1.82) is 0 Å². The van der Waals surface area contributed by atoms with Crippen LogP contribution in [-0.4, -0.2) is 48.5 Å². The molecule has 0 bridgehead atoms. The van der Waals surface area contributed by atoms with Gasteiger partial charge in [-0.05, 0) is 61.0 Å². The molecule has 0 N–H and O–H groups in total. The molecule has 5 rings (SSSR count). The van der Waals surface area contributed by atoms with Gasteiger partial charge in [0.25, 0.3) is 0 Å². The van der Waals surface area contributed by atoms with Crippen LogP contribution in [0.15, 0.2) is 69.9 Å². The van der Waals surface area contributed by atoms with Gasteiger partial charge in [0.2, 0.25) is 0 Å². The zero-order chi connectivity index (χ0) is 24.5. The van der Waals surface area contributed by atoms with E-state index in [9.17, 15) is 9.59 Å². The van der Waals surface area contributed by atoms with Gasteiger partial charge in [-0.25, -0.2) is 4.79 Å². The third-order valence-corrected chi connectivity index (χ3v) is 6.76. The highest BCUT2D eigenvalue weighted by Crippen LogP contribution is 2.29. The van der Waals surface area contributed by atoms with Crippen LogP contribution in [0.3, 0.4) is 0 Å². The number of aromatic nitrogens is 1. The van der Waals surface area contributed by atoms with Crippen LogP contribution < -0.4 is 15.4 Å². The molecular weight excluding hydrogens is 466 g/mol. The molecule has 7 nitrogen and oxygen atoms in total. The fourth-order valence-electron chi connectivity index (χ4n) is 4.57. The molecule has 0 amide bonds. The maximum Gasteiger partial charge on any atom is 0.421 e. The number of anilines is 1. The number of hydrogen-bond donors (Lipinski definition) is 0. The molecule has 2 heterocycles. The van der Waals surface area contributed by atoms with Crippen LogP contribution in [-0.2, 0) is 6.67 Å². The van der Waals surface area contributed by atoms with Crippen molar-refractivity contribution in [1.82, 2.24) is 9.47 Å². The number of carbonyl (C=O) groups is 1. The van der Waals surface area contributed by atoms with E-state index in [4.69, 9.17) is 20.8 Å². The summed E-state index contributed by atoms with van der Waals surface area (Å²) in [6.07, 6.45) is 0. The lowest BCUT2D eigenvalue weighted by Gasteiger charge is -2.36. The minimum absolute atomic E-state index is 0.135. The van der Waals surface area contributed by atoms with Crippen LogP contribution >= 0.6 is 11.6 Å². The third-order valence-electron chi connectivity index (χ3n) is 6.51. The van der Waals surface area contributed by atoms with Crippen molar-refractivity contribution in [2.75, 3.05) is 38.2 Å². The second-order valence-electron chi connectivity index (χ2n) is 8.69. The molecule has 1 aromatic heterocycles. The van der Waals surface area contributed by atoms with Crippen LogP contribution in [0.25, 0.3) is 11.1 Å². The number of ether oxygens (including phenoxy) is 1. The Labute approximate surface area is 208 Å². The molecule has 180 valence electrons. The van der Waals surface area contributed by atoms with E-state index < -0.39 is 5.76 Å². The van der Waals surface area contributed by atoms with Crippen LogP contribution in [0.2, 0.25) is 5.02 Å². The zero-order valence-electron chi connectivity index (χ0n) is 19.7. The van der Waals surface area contributed by atoms with E-state index in [2.05, 4.69) is 15.9 Å². The molecule has 1 saturated heterocycles. The van der Waals surface area contributed by atoms with Gasteiger partial charge in [0.05, 0.1) is 25.0 Å². The van der Waals surface area contributed by atoms with E-state index in [0.717, 1.165) is 43.2 Å². The van der Waals surface area contributed by atoms with Gasteiger partial charge in [0, 0.05) is 42.3 Å². The molecule has 1 aliphatic heterocycles. The molecule has 0 spiro atoms. The van der Waals surface area contributed by atoms with E-state index >= 15 is 0 Å². The Morgan fingerprint density at radius 2 is 1.74 bits per heavy atom. The topological polar surface area (TPSA) is 67.9 Å². The average Bonchev–Trinajstić information content (AvgIpc) is 3.17. The van der Waals surface area contributed by atoms with Crippen molar-refractivity contribution >= 4 is 34.2 Å². The normalized spacial score (nSPS) is 14.4. The smallest absolute Gasteiger partial charge is 0.421 e. The van der Waals surface area contributed by atoms with Crippen molar-refractivity contribution in [2.45, 2.75) is 13.6 Å². The van der Waals surface area contributed by atoms with Gasteiger partial charge < -0.3 is 14.1 Å². The zero-order valence-corrected chi connectivity index (χ0v) is 20.4. The standard InChI is InChI=1S/C27H26ClN3O4/c1-18-15-23-25(16-21(18)26(32)19-7-9-20(28)10-8-19)35-27(33)31(23)17-29-11-13-30(14-12-29)22-5-3-4-6-24(22)34-2/h3-10,15-16H,11-14,17H2,1-2H3. The molecule has 0 aliphatic carbocycles. The maximum atomic E-state index is 13.0. The first-order valence-electron chi connectivity index (χ1n) is 11.5. The molecule has 1 aliphatic rings. The van der Waals surface area contributed by atoms with Crippen molar-refractivity contribution < 1.29 is 13.9 Å². The number of para-hydroxylation sites is 2. The Morgan fingerprint density at radius 1 is 1.03 bits per heavy atom. The molecule has 3 aromatic carbocycles. The van der Waals surface area contributed by atoms with Crippen molar-refractivity contribution in [3.63, 3.8) is 0 Å². The molecule has 0 radical (unpaired) electrons. The summed E-state index contributed by atoms with van der Waals surface area (Å²) < 4.78 is 12.7. The number of piperazine rings is 1. The molecule has 8 heteroatoms. The first-order chi connectivity index (χ1) is 16.9. The maximum absolute atomic E-state index is 13.0. The molecule has 35 heavy (non-hydrogen) atoms. The number of rotatable bonds is 6. The quantitative estimate of drug-likeness (QED) is 0.368. The number of methoxy groups -OCH3 is 1. The molecule has 0 saturated carbocycles. The average molecular weight is 492 g/mol. The second-order valence-corrected chi connectivity index (χ2v) is 9.12. The summed E-state index contributed by atoms with van der Waals surface area (Å²) in [6.45, 7) is 5.53. The summed E-state index contributed by atoms with van der Waals surface area (Å²) in [4.78, 5) is 30.3. The Balaban J connectivity index is 1.35. The van der Waals surface area contributed by atoms with E-state index in [-0.39, 0.29) is 5.78 Å². The molecular formula is C27H26ClN3O4. The van der Waals surface area contributed by atoms with Gasteiger partial charge in [-0.1, -0.05) is 23.7 Å². The Kier molecular flexibility index (Phi) is 6.36. The number of oxazole rings is 1. The highest BCUT2D eigenvalue weighted by Gasteiger charge is 2.22. The van der Waals surface area contributed by atoms with Crippen LogP contribution in [0.5, 0.6) is 5.75 Å². The highest BCUT2D eigenvalue weighted by atomic mass is 35.5. The lowest BCUT2D eigenvalue weighted by atomic mass is 9.98. The summed E-state index contributed by atoms with van der Waals surface area (Å²) in [5.74, 6) is 0.295. The van der Waals surface area contributed by atoms with Gasteiger partial charge in [0.1, 0.15) is 5.75 Å². The van der Waals surface area contributed by atoms with Crippen molar-refractivity contribution in [2.24, 2.45) is 0 Å². The van der Waals surface area contributed by atoms with Gasteiger partial charge in [-0.3, -0.25) is 14.3 Å². The fourth-order valence-corrected chi connectivity index (χ4v) is 4.70. The van der Waals surface area contributed by atoms with Crippen LogP contribution in [0.4, 0.5) is 5.69 Å². The summed E-state index contributed by atoms with van der Waals surface area (Å²) >= 11 is 5.95. The van der Waals surface area contributed by atoms with Crippen molar-refractivity contribution in [3.8, 4) is 5.75 Å². The predicted molar refractivity (Wildman–Crippen MR) is 137 cm³/mol. The Morgan fingerprint density at radius 3 is 2.46 bits per heavy atom. The fraction of sp³-hybridized carbons (Fsp3) is 0.259. The lowest BCUT2D eigenvalue weighted by molar-refractivity contribution is 0.103. The minimum Gasteiger partial charge on any atom is -0.495 e. The number of hydrogen-bond acceptors (Lipinski definition) is 6. The Hall–Kier alpha value is -3.55. The predicted octanol–water partition coefficient (Wildman–Crippen LogP) is 4.58. The van der Waals surface area contributed by atoms with Gasteiger partial charge >= 0.3 is 5.76 Å². The SMILES string of the molecule is COc1ccccc1N1CCN(Cn2c(=O)oc3cc(C(=O)c4ccc(Cl)cc4)c(C)cc32)CC1. The number of carbonyl (C=O) groups excluding carboxylic acids is 1. The summed E-state index contributed by atoms with van der Waals surface area (Å²) in [5, 5.41) is 0.570. The largest absolute Gasteiger partial charge is 0.495 e. The van der Waals surface area contributed by atoms with Gasteiger partial charge in [-0.15, -0.1) is 0 Å². The number of halogens is 1. The van der Waals surface area contributed by atoms with Crippen molar-refractivity contribution in [3.05, 3.63) is 92.9 Å². The second kappa shape index (κ2) is 9.60. The summed E-state index contributed by atoms with van der Waals surface area (Å²) in [7, 11) is 1.68. The number of benzene rings is 3. The van der Waals surface area contributed by atoms with Crippen LogP contribution in [0.1, 0.15) is 21.5 Å². The minimum atomic E-state index is -0.428. The van der Waals surface area contributed by atoms with Gasteiger partial charge in [-0.2, -0.15) is 0 Å². The molecule has 0 unspecified atom stereocenters. The first kappa shape index (κ1) is 23.2. The van der Waals surface area contributed by atoms with Gasteiger partial charge in [0.15, 0.2) is 11.4 Å². The Bertz CT molecular complexity index is 1430. The number of fused-ring (bicyclic) bond motifs is 1. The molecule has 4 aromatic rings. The summed E-state index contributed by atoms with van der Waals surface area (Å²) in [5.41, 5.74) is 4.00. The van der Waals surface area contributed by atoms with E-state index in [1.807, 2.05) is 31.2 Å². The molecule has 1 fully saturated rings. The van der Waals surface area contributed by atoms with E-state index in [0.29, 0.717) is 33.9 Å². The number of nitrogens with zero attached hydrogens (tertiary/aromatic N) is 3. The summed E-state index contributed by atoms with van der Waals surface area (Å²) in [6, 6.07) is 18.3. The number of ketones is 1. The third kappa shape index (κ3) is 4.57. The van der Waals surface area contributed by atoms with E-state index in [1.165, 1.54) is 0 Å². The van der Waals surface area contributed by atoms with E-state index in [1.54, 1.807) is 42.0 Å². The highest BCUT2D eigenvalue weighted by molar-refractivity contribution is 6.30. The van der Waals surface area contributed by atoms with Crippen LogP contribution in [0, 0.1) is 6.92 Å². The molecule has 0 atom stereocenters. The first-order valence-corrected chi connectivity index (χ1v) is 11.9. The number of aryl methyl sites for hydroxylation is 1.